The van der Waals surface area contributed by atoms with Gasteiger partial charge in [0.05, 0.1) is 18.7 Å². The molecule has 2 aliphatic rings. The molecule has 8 heteroatoms. The van der Waals surface area contributed by atoms with Gasteiger partial charge in [0, 0.05) is 24.5 Å². The number of aliphatic imine (C=N–C) groups is 2. The van der Waals surface area contributed by atoms with E-state index in [1.165, 1.54) is 6.21 Å². The van der Waals surface area contributed by atoms with Crippen LogP contribution >= 0.6 is 0 Å². The largest absolute Gasteiger partial charge is 0.491 e. The van der Waals surface area contributed by atoms with Gasteiger partial charge >= 0.3 is 0 Å². The van der Waals surface area contributed by atoms with Gasteiger partial charge in [0.25, 0.3) is 0 Å². The molecule has 1 aliphatic heterocycles. The van der Waals surface area contributed by atoms with Crippen molar-refractivity contribution in [3.63, 3.8) is 0 Å². The molecule has 0 unspecified atom stereocenters. The number of carbonyl (C=O) groups excluding carboxylic acids is 1. The summed E-state index contributed by atoms with van der Waals surface area (Å²) in [6.07, 6.45) is 4.68. The Kier molecular flexibility index (Phi) is 5.73. The first kappa shape index (κ1) is 17.8. The van der Waals surface area contributed by atoms with Gasteiger partial charge in [-0.05, 0) is 37.5 Å². The van der Waals surface area contributed by atoms with Crippen LogP contribution < -0.4 is 26.4 Å². The third kappa shape index (κ3) is 5.51. The summed E-state index contributed by atoms with van der Waals surface area (Å²) in [6, 6.07) is 6.17. The lowest BCUT2D eigenvalue weighted by Crippen LogP contribution is -2.18. The lowest BCUT2D eigenvalue weighted by molar-refractivity contribution is -0.116. The molecule has 0 bridgehead atoms. The molecule has 8 nitrogen and oxygen atoms in total. The van der Waals surface area contributed by atoms with E-state index < -0.39 is 5.91 Å². The molecule has 1 amide bonds. The molecule has 1 saturated carbocycles. The zero-order valence-electron chi connectivity index (χ0n) is 14.6. The molecular formula is C18H24N6O2. The van der Waals surface area contributed by atoms with Crippen LogP contribution in [0, 0.1) is 0 Å². The van der Waals surface area contributed by atoms with Crippen molar-refractivity contribution in [3.05, 3.63) is 30.6 Å². The number of nitrogens with one attached hydrogen (secondary N) is 3. The predicted molar refractivity (Wildman–Crippen MR) is 104 cm³/mol. The standard InChI is InChI=1S/C18H24N6O2/c1-12(22-13-3-4-13)23-18(21-9-7-17(19)25)24-14-5-6-16-15(11-14)20-8-2-10-26-16/h5-6,9,11,13,20,22H,1-4,7-8,10H2,(H2,19,25)(H,23,24). The number of rotatable bonds is 6. The molecule has 5 N–H and O–H groups in total. The van der Waals surface area contributed by atoms with Crippen LogP contribution in [0.4, 0.5) is 11.4 Å². The van der Waals surface area contributed by atoms with E-state index in [2.05, 4.69) is 32.5 Å². The van der Waals surface area contributed by atoms with Crippen molar-refractivity contribution in [2.45, 2.75) is 31.7 Å². The Morgan fingerprint density at radius 2 is 2.31 bits per heavy atom. The van der Waals surface area contributed by atoms with Crippen molar-refractivity contribution in [1.82, 2.24) is 5.32 Å². The highest BCUT2D eigenvalue weighted by Crippen LogP contribution is 2.29. The van der Waals surface area contributed by atoms with Crippen molar-refractivity contribution >= 4 is 29.5 Å². The van der Waals surface area contributed by atoms with Gasteiger partial charge in [0.1, 0.15) is 11.6 Å². The number of primary amides is 1. The van der Waals surface area contributed by atoms with E-state index in [4.69, 9.17) is 10.5 Å². The quantitative estimate of drug-likeness (QED) is 0.459. The average molecular weight is 356 g/mol. The minimum absolute atomic E-state index is 0.0445. The second kappa shape index (κ2) is 8.37. The van der Waals surface area contributed by atoms with Gasteiger partial charge in [-0.3, -0.25) is 4.79 Å². The number of amides is 1. The Bertz CT molecular complexity index is 739. The monoisotopic (exact) mass is 356 g/mol. The first-order valence-corrected chi connectivity index (χ1v) is 8.73. The highest BCUT2D eigenvalue weighted by molar-refractivity contribution is 6.01. The summed E-state index contributed by atoms with van der Waals surface area (Å²) in [5.41, 5.74) is 6.88. The molecule has 0 radical (unpaired) electrons. The summed E-state index contributed by atoms with van der Waals surface area (Å²) in [6.45, 7) is 5.46. The maximum atomic E-state index is 10.9. The summed E-state index contributed by atoms with van der Waals surface area (Å²) < 4.78 is 5.69. The first-order chi connectivity index (χ1) is 12.6. The van der Waals surface area contributed by atoms with Crippen LogP contribution in [0.2, 0.25) is 0 Å². The van der Waals surface area contributed by atoms with E-state index >= 15 is 0 Å². The number of hydrogen-bond acceptors (Lipinski definition) is 5. The highest BCUT2D eigenvalue weighted by atomic mass is 16.5. The average Bonchev–Trinajstić information content (AvgIpc) is 3.40. The van der Waals surface area contributed by atoms with E-state index in [1.807, 2.05) is 18.2 Å². The molecule has 0 aromatic heterocycles. The Morgan fingerprint density at radius 1 is 1.46 bits per heavy atom. The Hall–Kier alpha value is -3.03. The molecule has 3 rings (SSSR count). The van der Waals surface area contributed by atoms with Gasteiger partial charge < -0.3 is 26.4 Å². The second-order valence-electron chi connectivity index (χ2n) is 6.25. The summed E-state index contributed by atoms with van der Waals surface area (Å²) >= 11 is 0. The fourth-order valence-corrected chi connectivity index (χ4v) is 2.41. The second-order valence-corrected chi connectivity index (χ2v) is 6.25. The molecule has 26 heavy (non-hydrogen) atoms. The number of nitrogens with zero attached hydrogens (tertiary/aromatic N) is 2. The number of ether oxygens (including phenoxy) is 1. The molecule has 0 saturated heterocycles. The lowest BCUT2D eigenvalue weighted by Gasteiger charge is -2.12. The van der Waals surface area contributed by atoms with E-state index in [1.54, 1.807) is 0 Å². The van der Waals surface area contributed by atoms with Gasteiger partial charge in [-0.1, -0.05) is 6.58 Å². The minimum Gasteiger partial charge on any atom is -0.491 e. The van der Waals surface area contributed by atoms with Gasteiger partial charge in [0.15, 0.2) is 0 Å². The fourth-order valence-electron chi connectivity index (χ4n) is 2.41. The molecule has 1 heterocycles. The number of benzene rings is 1. The van der Waals surface area contributed by atoms with Crippen LogP contribution in [0.3, 0.4) is 0 Å². The van der Waals surface area contributed by atoms with Gasteiger partial charge in [-0.15, -0.1) is 0 Å². The number of fused-ring (bicyclic) bond motifs is 1. The number of guanidine groups is 1. The Labute approximate surface area is 152 Å². The lowest BCUT2D eigenvalue weighted by atomic mass is 10.2. The molecule has 1 fully saturated rings. The molecule has 0 spiro atoms. The van der Waals surface area contributed by atoms with Crippen LogP contribution in [-0.4, -0.2) is 37.3 Å². The van der Waals surface area contributed by atoms with Crippen LogP contribution in [-0.2, 0) is 4.79 Å². The molecule has 1 aromatic carbocycles. The smallest absolute Gasteiger partial charge is 0.228 e. The summed E-state index contributed by atoms with van der Waals surface area (Å²) in [5, 5.41) is 9.70. The Balaban J connectivity index is 1.74. The topological polar surface area (TPSA) is 113 Å². The van der Waals surface area contributed by atoms with Crippen LogP contribution in [0.1, 0.15) is 25.7 Å². The number of carbonyl (C=O) groups is 1. The molecule has 1 aromatic rings. The van der Waals surface area contributed by atoms with Crippen molar-refractivity contribution in [2.24, 2.45) is 15.7 Å². The van der Waals surface area contributed by atoms with Crippen LogP contribution in [0.5, 0.6) is 5.75 Å². The third-order valence-corrected chi connectivity index (χ3v) is 3.82. The number of anilines is 2. The van der Waals surface area contributed by atoms with E-state index in [0.29, 0.717) is 24.4 Å². The zero-order chi connectivity index (χ0) is 18.4. The molecule has 0 atom stereocenters. The van der Waals surface area contributed by atoms with E-state index in [-0.39, 0.29) is 6.42 Å². The zero-order valence-corrected chi connectivity index (χ0v) is 14.6. The van der Waals surface area contributed by atoms with Crippen molar-refractivity contribution in [2.75, 3.05) is 23.8 Å². The normalized spacial score (nSPS) is 16.8. The van der Waals surface area contributed by atoms with Crippen molar-refractivity contribution in [1.29, 1.82) is 0 Å². The Morgan fingerprint density at radius 3 is 3.08 bits per heavy atom. The SMILES string of the molecule is C=C(N=C(N=CCC(N)=O)Nc1ccc2c(c1)NCCCO2)NC1CC1. The fraction of sp³-hybridized carbons (Fsp3) is 0.389. The summed E-state index contributed by atoms with van der Waals surface area (Å²) in [5.74, 6) is 1.24. The molecule has 1 aliphatic carbocycles. The van der Waals surface area contributed by atoms with Crippen LogP contribution in [0.25, 0.3) is 0 Å². The number of nitrogens with two attached hydrogens (primary N) is 1. The maximum absolute atomic E-state index is 10.9. The van der Waals surface area contributed by atoms with Crippen LogP contribution in [0.15, 0.2) is 40.6 Å². The molecule has 138 valence electrons. The summed E-state index contributed by atoms with van der Waals surface area (Å²) in [7, 11) is 0. The predicted octanol–water partition coefficient (Wildman–Crippen LogP) is 1.82. The highest BCUT2D eigenvalue weighted by Gasteiger charge is 2.21. The van der Waals surface area contributed by atoms with E-state index in [0.717, 1.165) is 42.9 Å². The number of hydrogen-bond donors (Lipinski definition) is 4. The maximum Gasteiger partial charge on any atom is 0.228 e. The summed E-state index contributed by atoms with van der Waals surface area (Å²) in [4.78, 5) is 19.5. The third-order valence-electron chi connectivity index (χ3n) is 3.82. The first-order valence-electron chi connectivity index (χ1n) is 8.73. The van der Waals surface area contributed by atoms with Crippen molar-refractivity contribution in [3.8, 4) is 5.75 Å². The van der Waals surface area contributed by atoms with Crippen molar-refractivity contribution < 1.29 is 9.53 Å². The molecular weight excluding hydrogens is 332 g/mol. The van der Waals surface area contributed by atoms with Gasteiger partial charge in [-0.25, -0.2) is 4.99 Å². The van der Waals surface area contributed by atoms with E-state index in [9.17, 15) is 4.79 Å². The van der Waals surface area contributed by atoms with Gasteiger partial charge in [-0.2, -0.15) is 4.99 Å². The minimum atomic E-state index is -0.450. The van der Waals surface area contributed by atoms with Gasteiger partial charge in [0.2, 0.25) is 11.9 Å².